The van der Waals surface area contributed by atoms with Gasteiger partial charge in [-0.3, -0.25) is 15.0 Å². The first-order valence-electron chi connectivity index (χ1n) is 7.35. The number of hydrogen-bond donors (Lipinski definition) is 0. The van der Waals surface area contributed by atoms with E-state index in [9.17, 15) is 10.1 Å². The molecule has 2 heterocycles. The van der Waals surface area contributed by atoms with Gasteiger partial charge >= 0.3 is 0 Å². The molecule has 0 bridgehead atoms. The van der Waals surface area contributed by atoms with Crippen LogP contribution in [-0.2, 0) is 6.54 Å². The number of benzene rings is 1. The minimum atomic E-state index is -0.399. The van der Waals surface area contributed by atoms with Crippen LogP contribution in [0.15, 0.2) is 51.5 Å². The fraction of sp³-hybridized carbons (Fsp3) is 0.250. The molecule has 3 rings (SSSR count). The van der Waals surface area contributed by atoms with E-state index in [2.05, 4.69) is 10.2 Å². The third-order valence-electron chi connectivity index (χ3n) is 3.81. The summed E-state index contributed by atoms with van der Waals surface area (Å²) in [7, 11) is 1.89. The van der Waals surface area contributed by atoms with E-state index in [1.165, 1.54) is 12.3 Å². The molecule has 3 aromatic rings. The maximum Gasteiger partial charge on any atom is 0.283 e. The van der Waals surface area contributed by atoms with Crippen molar-refractivity contribution in [1.82, 2.24) is 15.1 Å². The lowest BCUT2D eigenvalue weighted by Gasteiger charge is -2.23. The standard InChI is InChI=1S/C16H16N4O4/c1-11(12-5-3-6-13(9-12)20(21)22)19(2)10-15-17-18-16(24-15)14-7-4-8-23-14/h3-9,11H,10H2,1-2H3. The molecule has 1 atom stereocenters. The van der Waals surface area contributed by atoms with Crippen molar-refractivity contribution < 1.29 is 13.8 Å². The van der Waals surface area contributed by atoms with Crippen molar-refractivity contribution in [2.45, 2.75) is 19.5 Å². The molecule has 0 saturated carbocycles. The van der Waals surface area contributed by atoms with Crippen LogP contribution in [0.25, 0.3) is 11.7 Å². The Bertz CT molecular complexity index is 828. The monoisotopic (exact) mass is 328 g/mol. The second-order valence-electron chi connectivity index (χ2n) is 5.42. The third-order valence-corrected chi connectivity index (χ3v) is 3.81. The van der Waals surface area contributed by atoms with Crippen LogP contribution in [0.1, 0.15) is 24.4 Å². The first-order valence-corrected chi connectivity index (χ1v) is 7.35. The van der Waals surface area contributed by atoms with Crippen LogP contribution in [0.2, 0.25) is 0 Å². The van der Waals surface area contributed by atoms with Crippen molar-refractivity contribution in [3.63, 3.8) is 0 Å². The highest BCUT2D eigenvalue weighted by Gasteiger charge is 2.18. The van der Waals surface area contributed by atoms with Gasteiger partial charge in [-0.25, -0.2) is 0 Å². The molecule has 0 fully saturated rings. The van der Waals surface area contributed by atoms with Crippen LogP contribution in [0, 0.1) is 10.1 Å². The van der Waals surface area contributed by atoms with E-state index >= 15 is 0 Å². The second-order valence-corrected chi connectivity index (χ2v) is 5.42. The topological polar surface area (TPSA) is 98.4 Å². The largest absolute Gasteiger partial charge is 0.459 e. The van der Waals surface area contributed by atoms with Gasteiger partial charge in [-0.15, -0.1) is 10.2 Å². The molecular weight excluding hydrogens is 312 g/mol. The summed E-state index contributed by atoms with van der Waals surface area (Å²) in [5, 5.41) is 18.9. The molecule has 1 aromatic carbocycles. The number of aromatic nitrogens is 2. The molecule has 2 aromatic heterocycles. The van der Waals surface area contributed by atoms with Gasteiger partial charge in [-0.1, -0.05) is 12.1 Å². The van der Waals surface area contributed by atoms with Crippen LogP contribution >= 0.6 is 0 Å². The Balaban J connectivity index is 1.71. The zero-order valence-electron chi connectivity index (χ0n) is 13.2. The third kappa shape index (κ3) is 3.33. The Morgan fingerprint density at radius 3 is 2.83 bits per heavy atom. The Kier molecular flexibility index (Phi) is 4.39. The molecule has 8 heteroatoms. The number of nitro groups is 1. The van der Waals surface area contributed by atoms with Crippen molar-refractivity contribution in [2.75, 3.05) is 7.05 Å². The molecule has 0 amide bonds. The first-order chi connectivity index (χ1) is 11.5. The number of nitro benzene ring substituents is 1. The van der Waals surface area contributed by atoms with Crippen molar-refractivity contribution in [1.29, 1.82) is 0 Å². The summed E-state index contributed by atoms with van der Waals surface area (Å²) in [4.78, 5) is 12.5. The molecule has 124 valence electrons. The molecule has 0 aliphatic rings. The molecule has 0 radical (unpaired) electrons. The summed E-state index contributed by atoms with van der Waals surface area (Å²) in [5.74, 6) is 1.29. The van der Waals surface area contributed by atoms with Crippen LogP contribution in [0.5, 0.6) is 0 Å². The Morgan fingerprint density at radius 1 is 1.29 bits per heavy atom. The molecule has 0 aliphatic heterocycles. The van der Waals surface area contributed by atoms with Gasteiger partial charge < -0.3 is 8.83 Å². The Hall–Kier alpha value is -3.00. The van der Waals surface area contributed by atoms with Gasteiger partial charge in [0, 0.05) is 18.2 Å². The predicted molar refractivity (Wildman–Crippen MR) is 85.0 cm³/mol. The lowest BCUT2D eigenvalue weighted by Crippen LogP contribution is -2.22. The highest BCUT2D eigenvalue weighted by molar-refractivity contribution is 5.42. The number of non-ortho nitro benzene ring substituents is 1. The summed E-state index contributed by atoms with van der Waals surface area (Å²) < 4.78 is 10.8. The van der Waals surface area contributed by atoms with Gasteiger partial charge in [-0.05, 0) is 31.7 Å². The summed E-state index contributed by atoms with van der Waals surface area (Å²) >= 11 is 0. The van der Waals surface area contributed by atoms with Gasteiger partial charge in [-0.2, -0.15) is 0 Å². The number of nitrogens with zero attached hydrogens (tertiary/aromatic N) is 4. The fourth-order valence-electron chi connectivity index (χ4n) is 2.32. The molecular formula is C16H16N4O4. The van der Waals surface area contributed by atoms with E-state index in [0.29, 0.717) is 24.1 Å². The van der Waals surface area contributed by atoms with Crippen LogP contribution in [-0.4, -0.2) is 27.1 Å². The van der Waals surface area contributed by atoms with Gasteiger partial charge in [0.2, 0.25) is 5.89 Å². The quantitative estimate of drug-likeness (QED) is 0.505. The smallest absolute Gasteiger partial charge is 0.283 e. The van der Waals surface area contributed by atoms with Crippen LogP contribution in [0.4, 0.5) is 5.69 Å². The molecule has 0 N–H and O–H groups in total. The predicted octanol–water partition coefficient (Wildman–Crippen LogP) is 3.43. The lowest BCUT2D eigenvalue weighted by molar-refractivity contribution is -0.384. The van der Waals surface area contributed by atoms with Crippen molar-refractivity contribution in [2.24, 2.45) is 0 Å². The highest BCUT2D eigenvalue weighted by Crippen LogP contribution is 2.25. The van der Waals surface area contributed by atoms with Crippen molar-refractivity contribution in [3.8, 4) is 11.7 Å². The lowest BCUT2D eigenvalue weighted by atomic mass is 10.1. The Morgan fingerprint density at radius 2 is 2.12 bits per heavy atom. The zero-order chi connectivity index (χ0) is 17.1. The number of hydrogen-bond acceptors (Lipinski definition) is 7. The van der Waals surface area contributed by atoms with E-state index < -0.39 is 4.92 Å². The van der Waals surface area contributed by atoms with E-state index in [-0.39, 0.29) is 11.7 Å². The van der Waals surface area contributed by atoms with E-state index in [1.807, 2.05) is 24.9 Å². The second kappa shape index (κ2) is 6.63. The number of furan rings is 1. The summed E-state index contributed by atoms with van der Waals surface area (Å²) in [6, 6.07) is 10.0. The molecule has 0 spiro atoms. The van der Waals surface area contributed by atoms with Gasteiger partial charge in [0.15, 0.2) is 5.76 Å². The molecule has 24 heavy (non-hydrogen) atoms. The van der Waals surface area contributed by atoms with Gasteiger partial charge in [0.1, 0.15) is 0 Å². The van der Waals surface area contributed by atoms with Gasteiger partial charge in [0.05, 0.1) is 17.7 Å². The molecule has 0 aliphatic carbocycles. The maximum absolute atomic E-state index is 10.9. The average Bonchev–Trinajstić information content (AvgIpc) is 3.25. The minimum absolute atomic E-state index is 0.0520. The van der Waals surface area contributed by atoms with Crippen molar-refractivity contribution >= 4 is 5.69 Å². The van der Waals surface area contributed by atoms with Crippen LogP contribution < -0.4 is 0 Å². The first kappa shape index (κ1) is 15.9. The van der Waals surface area contributed by atoms with E-state index in [4.69, 9.17) is 8.83 Å². The summed E-state index contributed by atoms with van der Waals surface area (Å²) in [6.45, 7) is 2.38. The maximum atomic E-state index is 10.9. The molecule has 8 nitrogen and oxygen atoms in total. The SMILES string of the molecule is CC(c1cccc([N+](=O)[O-])c1)N(C)Cc1nnc(-c2ccco2)o1. The molecule has 0 saturated heterocycles. The van der Waals surface area contributed by atoms with E-state index in [0.717, 1.165) is 5.56 Å². The normalized spacial score (nSPS) is 12.5. The van der Waals surface area contributed by atoms with E-state index in [1.54, 1.807) is 24.3 Å². The average molecular weight is 328 g/mol. The summed E-state index contributed by atoms with van der Waals surface area (Å²) in [5.41, 5.74) is 0.920. The zero-order valence-corrected chi connectivity index (χ0v) is 13.2. The fourth-order valence-corrected chi connectivity index (χ4v) is 2.32. The molecule has 1 unspecified atom stereocenters. The summed E-state index contributed by atoms with van der Waals surface area (Å²) in [6.07, 6.45) is 1.54. The van der Waals surface area contributed by atoms with Crippen LogP contribution in [0.3, 0.4) is 0 Å². The Labute approximate surface area is 137 Å². The minimum Gasteiger partial charge on any atom is -0.459 e. The number of rotatable bonds is 6. The van der Waals surface area contributed by atoms with Crippen molar-refractivity contribution in [3.05, 3.63) is 64.2 Å². The highest BCUT2D eigenvalue weighted by atomic mass is 16.6. The van der Waals surface area contributed by atoms with Gasteiger partial charge in [0.25, 0.3) is 11.6 Å².